The Hall–Kier alpha value is -4.48. The number of amides is 2. The van der Waals surface area contributed by atoms with E-state index in [-0.39, 0.29) is 35.0 Å². The van der Waals surface area contributed by atoms with Gasteiger partial charge in [0.05, 0.1) is 19.2 Å². The summed E-state index contributed by atoms with van der Waals surface area (Å²) < 4.78 is 47.3. The fraction of sp³-hybridized carbons (Fsp3) is 0.281. The highest BCUT2D eigenvalue weighted by atomic mass is 35.5. The Morgan fingerprint density at radius 2 is 1.82 bits per heavy atom. The van der Waals surface area contributed by atoms with Crippen LogP contribution in [0.25, 0.3) is 10.9 Å². The molecule has 0 unspecified atom stereocenters. The second-order valence-corrected chi connectivity index (χ2v) is 10.7. The van der Waals surface area contributed by atoms with E-state index in [1.165, 1.54) is 43.6 Å². The van der Waals surface area contributed by atoms with Crippen molar-refractivity contribution in [2.45, 2.75) is 19.3 Å². The molecule has 0 atom stereocenters. The van der Waals surface area contributed by atoms with E-state index in [1.807, 2.05) is 0 Å². The minimum atomic E-state index is -1.25. The minimum absolute atomic E-state index is 0.0305. The number of hydrogen-bond acceptors (Lipinski definition) is 7. The Balaban J connectivity index is 1.37. The van der Waals surface area contributed by atoms with Gasteiger partial charge in [-0.05, 0) is 74.7 Å². The zero-order valence-electron chi connectivity index (χ0n) is 23.9. The average Bonchev–Trinajstić information content (AvgIpc) is 3.02. The second kappa shape index (κ2) is 13.9. The van der Waals surface area contributed by atoms with E-state index < -0.39 is 23.4 Å². The van der Waals surface area contributed by atoms with Crippen molar-refractivity contribution >= 4 is 40.0 Å². The van der Waals surface area contributed by atoms with Gasteiger partial charge in [-0.2, -0.15) is 0 Å². The highest BCUT2D eigenvalue weighted by Crippen LogP contribution is 2.38. The maximum Gasteiger partial charge on any atom is 0.316 e. The molecule has 1 aliphatic rings. The van der Waals surface area contributed by atoms with E-state index in [9.17, 15) is 14.0 Å². The van der Waals surface area contributed by atoms with Crippen molar-refractivity contribution in [3.05, 3.63) is 83.0 Å². The number of methoxy groups -OCH3 is 1. The Labute approximate surface area is 257 Å². The summed E-state index contributed by atoms with van der Waals surface area (Å²) in [5.74, 6) is -2.08. The van der Waals surface area contributed by atoms with Crippen molar-refractivity contribution < 1.29 is 32.6 Å². The van der Waals surface area contributed by atoms with Crippen LogP contribution >= 0.6 is 11.6 Å². The third kappa shape index (κ3) is 7.00. The fourth-order valence-electron chi connectivity index (χ4n) is 5.08. The van der Waals surface area contributed by atoms with Crippen LogP contribution in [-0.2, 0) is 16.0 Å². The molecule has 2 heterocycles. The molecule has 5 rings (SSSR count). The Kier molecular flexibility index (Phi) is 9.76. The van der Waals surface area contributed by atoms with Gasteiger partial charge in [0, 0.05) is 46.5 Å². The summed E-state index contributed by atoms with van der Waals surface area (Å²) >= 11 is 6.11. The molecule has 0 aliphatic carbocycles. The standard InChI is InChI=1S/C32H31ClF2N4O5/c1-42-29-16-22-26(17-30(29)43-18-19-7-11-37-12-8-19)38-13-9-27(22)44-28-6-5-20(15-25(28)35)39(32(41)31(36)40)14-10-21-23(33)3-2-4-24(21)34/h2-6,9,13,15-17,19,37H,7-8,10-12,14,18H2,1H3,(H2,36,40). The van der Waals surface area contributed by atoms with Gasteiger partial charge < -0.3 is 30.2 Å². The van der Waals surface area contributed by atoms with Crippen LogP contribution in [0.2, 0.25) is 5.02 Å². The molecule has 0 spiro atoms. The number of nitrogens with zero attached hydrogens (tertiary/aromatic N) is 2. The van der Waals surface area contributed by atoms with Crippen LogP contribution in [0.3, 0.4) is 0 Å². The monoisotopic (exact) mass is 624 g/mol. The molecule has 0 bridgehead atoms. The molecular weight excluding hydrogens is 594 g/mol. The number of anilines is 1. The number of hydrogen-bond donors (Lipinski definition) is 2. The van der Waals surface area contributed by atoms with E-state index in [2.05, 4.69) is 10.3 Å². The van der Waals surface area contributed by atoms with Gasteiger partial charge in [0.15, 0.2) is 23.1 Å². The van der Waals surface area contributed by atoms with Gasteiger partial charge in [0.25, 0.3) is 0 Å². The predicted molar refractivity (Wildman–Crippen MR) is 163 cm³/mol. The van der Waals surface area contributed by atoms with Crippen LogP contribution < -0.4 is 30.2 Å². The van der Waals surface area contributed by atoms with E-state index >= 15 is 4.39 Å². The molecule has 0 radical (unpaired) electrons. The summed E-state index contributed by atoms with van der Waals surface area (Å²) in [6.07, 6.45) is 3.56. The van der Waals surface area contributed by atoms with Crippen molar-refractivity contribution in [3.8, 4) is 23.0 Å². The Morgan fingerprint density at radius 3 is 2.52 bits per heavy atom. The Bertz CT molecular complexity index is 1660. The first kappa shape index (κ1) is 31.0. The van der Waals surface area contributed by atoms with E-state index in [4.69, 9.17) is 31.5 Å². The summed E-state index contributed by atoms with van der Waals surface area (Å²) in [5, 5.41) is 4.06. The molecule has 1 saturated heterocycles. The number of halogens is 3. The number of piperidine rings is 1. The first-order valence-corrected chi connectivity index (χ1v) is 14.4. The van der Waals surface area contributed by atoms with E-state index in [0.29, 0.717) is 40.7 Å². The van der Waals surface area contributed by atoms with Crippen LogP contribution in [0.4, 0.5) is 14.5 Å². The highest BCUT2D eigenvalue weighted by Gasteiger charge is 2.24. The van der Waals surface area contributed by atoms with E-state index in [0.717, 1.165) is 36.9 Å². The molecule has 2 amide bonds. The first-order valence-electron chi connectivity index (χ1n) is 14.1. The van der Waals surface area contributed by atoms with Crippen molar-refractivity contribution in [2.24, 2.45) is 11.7 Å². The van der Waals surface area contributed by atoms with Crippen molar-refractivity contribution in [1.29, 1.82) is 0 Å². The molecular formula is C32H31ClF2N4O5. The van der Waals surface area contributed by atoms with Crippen LogP contribution in [0, 0.1) is 17.6 Å². The smallest absolute Gasteiger partial charge is 0.316 e. The molecule has 230 valence electrons. The van der Waals surface area contributed by atoms with Gasteiger partial charge in [-0.25, -0.2) is 8.78 Å². The summed E-state index contributed by atoms with van der Waals surface area (Å²) in [5.41, 5.74) is 5.98. The molecule has 44 heavy (non-hydrogen) atoms. The second-order valence-electron chi connectivity index (χ2n) is 10.3. The van der Waals surface area contributed by atoms with E-state index in [1.54, 1.807) is 18.2 Å². The normalized spacial score (nSPS) is 13.5. The van der Waals surface area contributed by atoms with Crippen LogP contribution in [0.15, 0.2) is 60.8 Å². The largest absolute Gasteiger partial charge is 0.493 e. The number of nitrogens with two attached hydrogens (primary N) is 1. The Morgan fingerprint density at radius 1 is 1.02 bits per heavy atom. The molecule has 1 aliphatic heterocycles. The lowest BCUT2D eigenvalue weighted by Crippen LogP contribution is -2.41. The van der Waals surface area contributed by atoms with Gasteiger partial charge in [-0.15, -0.1) is 0 Å². The molecule has 4 aromatic rings. The first-order chi connectivity index (χ1) is 21.2. The number of pyridine rings is 1. The predicted octanol–water partition coefficient (Wildman–Crippen LogP) is 5.41. The number of primary amides is 1. The van der Waals surface area contributed by atoms with Gasteiger partial charge in [0.1, 0.15) is 11.6 Å². The molecule has 1 fully saturated rings. The van der Waals surface area contributed by atoms with Gasteiger partial charge in [-0.3, -0.25) is 14.6 Å². The zero-order valence-corrected chi connectivity index (χ0v) is 24.7. The number of ether oxygens (including phenoxy) is 3. The van der Waals surface area contributed by atoms with Crippen molar-refractivity contribution in [1.82, 2.24) is 10.3 Å². The number of aromatic nitrogens is 1. The van der Waals surface area contributed by atoms with Crippen molar-refractivity contribution in [3.63, 3.8) is 0 Å². The topological polar surface area (TPSA) is 116 Å². The van der Waals surface area contributed by atoms with Gasteiger partial charge in [-0.1, -0.05) is 17.7 Å². The van der Waals surface area contributed by atoms with Crippen LogP contribution in [-0.4, -0.2) is 50.1 Å². The number of carbonyl (C=O) groups is 2. The third-order valence-electron chi connectivity index (χ3n) is 7.47. The summed E-state index contributed by atoms with van der Waals surface area (Å²) in [4.78, 5) is 29.8. The van der Waals surface area contributed by atoms with Crippen molar-refractivity contribution in [2.75, 3.05) is 38.3 Å². The quantitative estimate of drug-likeness (QED) is 0.227. The lowest BCUT2D eigenvalue weighted by atomic mass is 9.99. The molecule has 9 nitrogen and oxygen atoms in total. The number of benzene rings is 3. The lowest BCUT2D eigenvalue weighted by molar-refractivity contribution is -0.135. The zero-order chi connectivity index (χ0) is 31.2. The van der Waals surface area contributed by atoms with Gasteiger partial charge >= 0.3 is 11.8 Å². The lowest BCUT2D eigenvalue weighted by Gasteiger charge is -2.23. The van der Waals surface area contributed by atoms with Crippen LogP contribution in [0.1, 0.15) is 18.4 Å². The highest BCUT2D eigenvalue weighted by molar-refractivity contribution is 6.39. The summed E-state index contributed by atoms with van der Waals surface area (Å²) in [6.45, 7) is 2.30. The third-order valence-corrected chi connectivity index (χ3v) is 7.82. The van der Waals surface area contributed by atoms with Crippen LogP contribution in [0.5, 0.6) is 23.0 Å². The number of nitrogens with one attached hydrogen (secondary N) is 1. The molecule has 12 heteroatoms. The maximum atomic E-state index is 15.4. The number of fused-ring (bicyclic) bond motifs is 1. The fourth-order valence-corrected chi connectivity index (χ4v) is 5.34. The molecule has 0 saturated carbocycles. The average molecular weight is 625 g/mol. The molecule has 3 N–H and O–H groups in total. The maximum absolute atomic E-state index is 15.4. The molecule has 1 aromatic heterocycles. The summed E-state index contributed by atoms with van der Waals surface area (Å²) in [7, 11) is 1.53. The summed E-state index contributed by atoms with van der Waals surface area (Å²) in [6, 6.07) is 13.0. The number of carbonyl (C=O) groups excluding carboxylic acids is 2. The van der Waals surface area contributed by atoms with Gasteiger partial charge in [0.2, 0.25) is 0 Å². The number of rotatable bonds is 10. The SMILES string of the molecule is COc1cc2c(Oc3ccc(N(CCc4c(F)cccc4Cl)C(=O)C(N)=O)cc3F)ccnc2cc1OCC1CCNCC1. The minimum Gasteiger partial charge on any atom is -0.493 e. The molecule has 3 aromatic carbocycles.